The maximum Gasteiger partial charge on any atom is 0.320 e. The van der Waals surface area contributed by atoms with Gasteiger partial charge in [-0.25, -0.2) is 0 Å². The molecule has 0 radical (unpaired) electrons. The highest BCUT2D eigenvalue weighted by molar-refractivity contribution is 5.72. The van der Waals surface area contributed by atoms with Crippen molar-refractivity contribution in [3.63, 3.8) is 0 Å². The number of nitrogens with two attached hydrogens (primary N) is 1. The van der Waals surface area contributed by atoms with Crippen LogP contribution in [0.1, 0.15) is 17.5 Å². The largest absolute Gasteiger partial charge is 0.494 e. The Morgan fingerprint density at radius 1 is 1.38 bits per heavy atom. The van der Waals surface area contributed by atoms with Crippen LogP contribution < -0.4 is 10.5 Å². The van der Waals surface area contributed by atoms with Gasteiger partial charge in [0, 0.05) is 6.42 Å². The molecule has 1 rings (SSSR count). The van der Waals surface area contributed by atoms with Gasteiger partial charge in [-0.1, -0.05) is 6.07 Å². The topological polar surface area (TPSA) is 72.5 Å². The predicted molar refractivity (Wildman–Crippen MR) is 61.6 cm³/mol. The number of ether oxygens (including phenoxy) is 1. The number of carboxylic acids is 1. The second-order valence-electron chi connectivity index (χ2n) is 3.91. The van der Waals surface area contributed by atoms with Crippen LogP contribution in [0.15, 0.2) is 18.2 Å². The van der Waals surface area contributed by atoms with E-state index in [1.807, 2.05) is 26.0 Å². The number of hydrogen-bond acceptors (Lipinski definition) is 3. The summed E-state index contributed by atoms with van der Waals surface area (Å²) in [6.07, 6.45) is 0.308. The molecule has 0 aliphatic rings. The first-order valence-electron chi connectivity index (χ1n) is 5.18. The molecular weight excluding hydrogens is 206 g/mol. The van der Waals surface area contributed by atoms with E-state index in [0.29, 0.717) is 13.0 Å². The molecule has 1 unspecified atom stereocenters. The zero-order chi connectivity index (χ0) is 12.1. The average molecular weight is 223 g/mol. The van der Waals surface area contributed by atoms with Crippen molar-refractivity contribution in [1.29, 1.82) is 0 Å². The maximum absolute atomic E-state index is 10.5. The van der Waals surface area contributed by atoms with Gasteiger partial charge in [0.05, 0.1) is 6.61 Å². The van der Waals surface area contributed by atoms with Crippen LogP contribution in [0.25, 0.3) is 0 Å². The minimum atomic E-state index is -0.996. The molecule has 1 atom stereocenters. The molecule has 4 nitrogen and oxygen atoms in total. The van der Waals surface area contributed by atoms with Crippen molar-refractivity contribution in [2.24, 2.45) is 5.73 Å². The van der Waals surface area contributed by atoms with E-state index < -0.39 is 12.0 Å². The van der Waals surface area contributed by atoms with Crippen LogP contribution in [-0.4, -0.2) is 23.7 Å². The zero-order valence-corrected chi connectivity index (χ0v) is 9.56. The first-order valence-corrected chi connectivity index (χ1v) is 5.18. The van der Waals surface area contributed by atoms with E-state index in [4.69, 9.17) is 15.6 Å². The van der Waals surface area contributed by atoms with Crippen LogP contribution in [0.4, 0.5) is 0 Å². The summed E-state index contributed by atoms with van der Waals surface area (Å²) in [5.74, 6) is -0.237. The van der Waals surface area contributed by atoms with Crippen molar-refractivity contribution in [2.75, 3.05) is 6.61 Å². The third-order valence-electron chi connectivity index (χ3n) is 2.21. The van der Waals surface area contributed by atoms with Gasteiger partial charge < -0.3 is 15.6 Å². The third kappa shape index (κ3) is 3.90. The Morgan fingerprint density at radius 3 is 2.44 bits per heavy atom. The van der Waals surface area contributed by atoms with Crippen molar-refractivity contribution >= 4 is 5.97 Å². The number of aliphatic carboxylic acids is 1. The first-order chi connectivity index (χ1) is 7.49. The Balaban J connectivity index is 2.46. The van der Waals surface area contributed by atoms with Crippen LogP contribution in [0.3, 0.4) is 0 Å². The van der Waals surface area contributed by atoms with Crippen LogP contribution in [-0.2, 0) is 4.79 Å². The molecule has 4 heteroatoms. The highest BCUT2D eigenvalue weighted by Crippen LogP contribution is 2.16. The summed E-state index contributed by atoms with van der Waals surface area (Å²) in [6.45, 7) is 4.29. The fraction of sp³-hybridized carbons (Fsp3) is 0.417. The summed E-state index contributed by atoms with van der Waals surface area (Å²) in [5, 5.41) is 8.59. The van der Waals surface area contributed by atoms with E-state index in [1.54, 1.807) is 0 Å². The fourth-order valence-electron chi connectivity index (χ4n) is 1.44. The molecule has 0 aliphatic carbocycles. The van der Waals surface area contributed by atoms with Gasteiger partial charge in [0.2, 0.25) is 0 Å². The lowest BCUT2D eigenvalue weighted by molar-refractivity contribution is -0.138. The van der Waals surface area contributed by atoms with E-state index in [9.17, 15) is 4.79 Å². The lowest BCUT2D eigenvalue weighted by Gasteiger charge is -2.10. The van der Waals surface area contributed by atoms with Crippen LogP contribution >= 0.6 is 0 Å². The van der Waals surface area contributed by atoms with Gasteiger partial charge in [-0.05, 0) is 37.1 Å². The molecule has 0 aliphatic heterocycles. The summed E-state index contributed by atoms with van der Waals surface area (Å²) >= 11 is 0. The molecule has 1 aromatic carbocycles. The Labute approximate surface area is 95.0 Å². The number of carbonyl (C=O) groups is 1. The van der Waals surface area contributed by atoms with Gasteiger partial charge in [-0.15, -0.1) is 0 Å². The van der Waals surface area contributed by atoms with E-state index in [2.05, 4.69) is 6.07 Å². The van der Waals surface area contributed by atoms with Crippen molar-refractivity contribution in [3.8, 4) is 5.75 Å². The van der Waals surface area contributed by atoms with E-state index in [-0.39, 0.29) is 0 Å². The number of hydrogen-bond donors (Lipinski definition) is 2. The molecule has 0 saturated carbocycles. The first kappa shape index (κ1) is 12.5. The molecule has 0 heterocycles. The van der Waals surface area contributed by atoms with Gasteiger partial charge in [-0.3, -0.25) is 4.79 Å². The van der Waals surface area contributed by atoms with E-state index >= 15 is 0 Å². The molecule has 0 spiro atoms. The van der Waals surface area contributed by atoms with Crippen molar-refractivity contribution in [2.45, 2.75) is 26.3 Å². The Morgan fingerprint density at radius 2 is 1.94 bits per heavy atom. The second-order valence-corrected chi connectivity index (χ2v) is 3.91. The van der Waals surface area contributed by atoms with Gasteiger partial charge in [-0.2, -0.15) is 0 Å². The minimum Gasteiger partial charge on any atom is -0.494 e. The summed E-state index contributed by atoms with van der Waals surface area (Å²) in [4.78, 5) is 10.5. The molecule has 3 N–H and O–H groups in total. The Hall–Kier alpha value is -1.55. The van der Waals surface area contributed by atoms with Crippen LogP contribution in [0, 0.1) is 13.8 Å². The molecule has 0 amide bonds. The highest BCUT2D eigenvalue weighted by Gasteiger charge is 2.10. The molecule has 0 fully saturated rings. The lowest BCUT2D eigenvalue weighted by Crippen LogP contribution is -2.31. The summed E-state index contributed by atoms with van der Waals surface area (Å²) in [6, 6.07) is 5.03. The summed E-state index contributed by atoms with van der Waals surface area (Å²) in [5.41, 5.74) is 7.61. The number of benzene rings is 1. The monoisotopic (exact) mass is 223 g/mol. The molecule has 0 saturated heterocycles. The maximum atomic E-state index is 10.5. The summed E-state index contributed by atoms with van der Waals surface area (Å²) in [7, 11) is 0. The standard InChI is InChI=1S/C12H17NO3/c1-8-5-9(2)7-10(6-8)16-4-3-11(13)12(14)15/h5-7,11H,3-4,13H2,1-2H3,(H,14,15). The quantitative estimate of drug-likeness (QED) is 0.793. The fourth-order valence-corrected chi connectivity index (χ4v) is 1.44. The average Bonchev–Trinajstić information content (AvgIpc) is 2.15. The minimum absolute atomic E-state index is 0.308. The van der Waals surface area contributed by atoms with Crippen molar-refractivity contribution < 1.29 is 14.6 Å². The summed E-state index contributed by atoms with van der Waals surface area (Å²) < 4.78 is 5.45. The molecule has 1 aromatic rings. The smallest absolute Gasteiger partial charge is 0.320 e. The molecule has 16 heavy (non-hydrogen) atoms. The number of carboxylic acid groups (broad SMARTS) is 1. The predicted octanol–water partition coefficient (Wildman–Crippen LogP) is 1.48. The lowest BCUT2D eigenvalue weighted by atomic mass is 10.1. The molecule has 0 aromatic heterocycles. The van der Waals surface area contributed by atoms with Gasteiger partial charge >= 0.3 is 5.97 Å². The van der Waals surface area contributed by atoms with Crippen LogP contribution in [0.2, 0.25) is 0 Å². The zero-order valence-electron chi connectivity index (χ0n) is 9.56. The normalized spacial score (nSPS) is 12.2. The second kappa shape index (κ2) is 5.51. The Kier molecular flexibility index (Phi) is 4.31. The molecular formula is C12H17NO3. The highest BCUT2D eigenvalue weighted by atomic mass is 16.5. The number of rotatable bonds is 5. The SMILES string of the molecule is Cc1cc(C)cc(OCCC(N)C(=O)O)c1. The van der Waals surface area contributed by atoms with Gasteiger partial charge in [0.25, 0.3) is 0 Å². The molecule has 88 valence electrons. The van der Waals surface area contributed by atoms with Crippen molar-refractivity contribution in [3.05, 3.63) is 29.3 Å². The third-order valence-corrected chi connectivity index (χ3v) is 2.21. The van der Waals surface area contributed by atoms with Gasteiger partial charge in [0.15, 0.2) is 0 Å². The molecule has 0 bridgehead atoms. The van der Waals surface area contributed by atoms with Crippen LogP contribution in [0.5, 0.6) is 5.75 Å². The number of aryl methyl sites for hydroxylation is 2. The van der Waals surface area contributed by atoms with E-state index in [0.717, 1.165) is 16.9 Å². The van der Waals surface area contributed by atoms with E-state index in [1.165, 1.54) is 0 Å². The Bertz CT molecular complexity index is 356. The van der Waals surface area contributed by atoms with Gasteiger partial charge in [0.1, 0.15) is 11.8 Å². The van der Waals surface area contributed by atoms with Crippen molar-refractivity contribution in [1.82, 2.24) is 0 Å².